The minimum Gasteiger partial charge on any atom is -0.397 e. The molecule has 21 heavy (non-hydrogen) atoms. The molecule has 0 spiro atoms. The number of aliphatic hydroxyl groups is 1. The van der Waals surface area contributed by atoms with Gasteiger partial charge in [0.05, 0.1) is 18.0 Å². The van der Waals surface area contributed by atoms with Gasteiger partial charge in [-0.3, -0.25) is 4.98 Å². The van der Waals surface area contributed by atoms with Crippen LogP contribution in [0.25, 0.3) is 10.8 Å². The van der Waals surface area contributed by atoms with Gasteiger partial charge in [-0.15, -0.1) is 0 Å². The number of nitrogens with one attached hydrogen (secondary N) is 1. The molecule has 3 aromatic rings. The lowest BCUT2D eigenvalue weighted by Gasteiger charge is -2.12. The van der Waals surface area contributed by atoms with Crippen molar-refractivity contribution in [2.24, 2.45) is 0 Å². The van der Waals surface area contributed by atoms with Crippen LogP contribution in [0.4, 0.5) is 11.4 Å². The van der Waals surface area contributed by atoms with E-state index in [4.69, 9.17) is 10.8 Å². The number of nitrogens with zero attached hydrogens (tertiary/aromatic N) is 1. The third-order valence-corrected chi connectivity index (χ3v) is 3.55. The maximum absolute atomic E-state index is 9.04. The zero-order valence-corrected chi connectivity index (χ0v) is 11.6. The number of anilines is 2. The third-order valence-electron chi connectivity index (χ3n) is 3.55. The first kappa shape index (κ1) is 13.4. The van der Waals surface area contributed by atoms with E-state index in [2.05, 4.69) is 10.3 Å². The van der Waals surface area contributed by atoms with Crippen molar-refractivity contribution in [3.63, 3.8) is 0 Å². The van der Waals surface area contributed by atoms with Crippen LogP contribution in [0.1, 0.15) is 11.1 Å². The number of hydrogen-bond donors (Lipinski definition) is 3. The van der Waals surface area contributed by atoms with Gasteiger partial charge in [0.15, 0.2) is 0 Å². The first-order valence-electron chi connectivity index (χ1n) is 6.82. The van der Waals surface area contributed by atoms with Crippen molar-refractivity contribution < 1.29 is 5.11 Å². The van der Waals surface area contributed by atoms with E-state index in [0.29, 0.717) is 6.54 Å². The highest BCUT2D eigenvalue weighted by Gasteiger charge is 2.04. The van der Waals surface area contributed by atoms with Crippen LogP contribution in [0.5, 0.6) is 0 Å². The highest BCUT2D eigenvalue weighted by Crippen LogP contribution is 2.28. The molecule has 4 heteroatoms. The normalized spacial score (nSPS) is 10.7. The standard InChI is InChI=1S/C17H17N3O/c18-17-15-7-8-19-10-14(15)5-6-16(17)20-9-12-1-3-13(11-21)4-2-12/h1-8,10,20-21H,9,11,18H2. The number of aromatic nitrogens is 1. The van der Waals surface area contributed by atoms with Crippen LogP contribution in [-0.2, 0) is 13.2 Å². The molecule has 2 aromatic carbocycles. The Kier molecular flexibility index (Phi) is 3.71. The Bertz CT molecular complexity index is 754. The molecule has 0 saturated carbocycles. The van der Waals surface area contributed by atoms with Crippen molar-refractivity contribution in [3.8, 4) is 0 Å². The van der Waals surface area contributed by atoms with Crippen LogP contribution in [0.15, 0.2) is 54.9 Å². The van der Waals surface area contributed by atoms with Gasteiger partial charge in [-0.25, -0.2) is 0 Å². The Hall–Kier alpha value is -2.59. The van der Waals surface area contributed by atoms with Gasteiger partial charge in [0.1, 0.15) is 0 Å². The van der Waals surface area contributed by atoms with E-state index in [9.17, 15) is 0 Å². The zero-order valence-electron chi connectivity index (χ0n) is 11.6. The predicted octanol–water partition coefficient (Wildman–Crippen LogP) is 2.92. The summed E-state index contributed by atoms with van der Waals surface area (Å²) in [5, 5.41) is 14.4. The molecule has 4 nitrogen and oxygen atoms in total. The lowest BCUT2D eigenvalue weighted by molar-refractivity contribution is 0.282. The summed E-state index contributed by atoms with van der Waals surface area (Å²) in [6, 6.07) is 13.8. The Morgan fingerprint density at radius 1 is 1.00 bits per heavy atom. The van der Waals surface area contributed by atoms with E-state index in [1.54, 1.807) is 6.20 Å². The smallest absolute Gasteiger partial charge is 0.0681 e. The summed E-state index contributed by atoms with van der Waals surface area (Å²) < 4.78 is 0. The molecule has 0 aliphatic rings. The van der Waals surface area contributed by atoms with Crippen LogP contribution in [0.2, 0.25) is 0 Å². The monoisotopic (exact) mass is 279 g/mol. The quantitative estimate of drug-likeness (QED) is 0.642. The molecule has 1 aromatic heterocycles. The molecule has 106 valence electrons. The molecule has 0 bridgehead atoms. The summed E-state index contributed by atoms with van der Waals surface area (Å²) in [7, 11) is 0. The van der Waals surface area contributed by atoms with Gasteiger partial charge in [0.2, 0.25) is 0 Å². The Morgan fingerprint density at radius 3 is 2.52 bits per heavy atom. The molecule has 0 atom stereocenters. The molecule has 0 fully saturated rings. The molecule has 0 aliphatic carbocycles. The van der Waals surface area contributed by atoms with E-state index >= 15 is 0 Å². The average Bonchev–Trinajstić information content (AvgIpc) is 2.55. The number of nitrogens with two attached hydrogens (primary N) is 1. The minimum atomic E-state index is 0.0688. The van der Waals surface area contributed by atoms with Gasteiger partial charge in [0.25, 0.3) is 0 Å². The Morgan fingerprint density at radius 2 is 1.76 bits per heavy atom. The zero-order chi connectivity index (χ0) is 14.7. The number of fused-ring (bicyclic) bond motifs is 1. The van der Waals surface area contributed by atoms with Crippen molar-refractivity contribution in [3.05, 3.63) is 66.0 Å². The van der Waals surface area contributed by atoms with Gasteiger partial charge < -0.3 is 16.2 Å². The first-order chi connectivity index (χ1) is 10.3. The second-order valence-electron chi connectivity index (χ2n) is 4.95. The van der Waals surface area contributed by atoms with E-state index in [1.165, 1.54) is 0 Å². The minimum absolute atomic E-state index is 0.0688. The molecule has 0 saturated heterocycles. The summed E-state index contributed by atoms with van der Waals surface area (Å²) in [6.45, 7) is 0.756. The molecule has 0 aliphatic heterocycles. The van der Waals surface area contributed by atoms with E-state index in [0.717, 1.165) is 33.3 Å². The fourth-order valence-corrected chi connectivity index (χ4v) is 2.31. The second kappa shape index (κ2) is 5.81. The van der Waals surface area contributed by atoms with Gasteiger partial charge in [0, 0.05) is 29.7 Å². The van der Waals surface area contributed by atoms with E-state index in [-0.39, 0.29) is 6.61 Å². The van der Waals surface area contributed by atoms with E-state index < -0.39 is 0 Å². The highest BCUT2D eigenvalue weighted by molar-refractivity contribution is 5.98. The van der Waals surface area contributed by atoms with Crippen LogP contribution >= 0.6 is 0 Å². The Balaban J connectivity index is 1.79. The van der Waals surface area contributed by atoms with Gasteiger partial charge in [-0.05, 0) is 23.3 Å². The Labute approximate surface area is 123 Å². The van der Waals surface area contributed by atoms with Gasteiger partial charge >= 0.3 is 0 Å². The molecule has 0 amide bonds. The maximum atomic E-state index is 9.04. The summed E-state index contributed by atoms with van der Waals surface area (Å²) in [4.78, 5) is 4.10. The molecular weight excluding hydrogens is 262 g/mol. The van der Waals surface area contributed by atoms with Gasteiger partial charge in [-0.1, -0.05) is 30.3 Å². The summed E-state index contributed by atoms with van der Waals surface area (Å²) >= 11 is 0. The fourth-order valence-electron chi connectivity index (χ4n) is 2.31. The molecule has 0 radical (unpaired) electrons. The predicted molar refractivity (Wildman–Crippen MR) is 85.8 cm³/mol. The highest BCUT2D eigenvalue weighted by atomic mass is 16.3. The number of aliphatic hydroxyl groups excluding tert-OH is 1. The topological polar surface area (TPSA) is 71.2 Å². The summed E-state index contributed by atoms with van der Waals surface area (Å²) in [5.74, 6) is 0. The van der Waals surface area contributed by atoms with Crippen molar-refractivity contribution in [2.45, 2.75) is 13.2 Å². The average molecular weight is 279 g/mol. The molecule has 3 rings (SSSR count). The molecule has 4 N–H and O–H groups in total. The van der Waals surface area contributed by atoms with Crippen LogP contribution in [0.3, 0.4) is 0 Å². The molecule has 1 heterocycles. The molecular formula is C17H17N3O. The maximum Gasteiger partial charge on any atom is 0.0681 e. The van der Waals surface area contributed by atoms with Gasteiger partial charge in [-0.2, -0.15) is 0 Å². The van der Waals surface area contributed by atoms with Crippen molar-refractivity contribution in [1.82, 2.24) is 4.98 Å². The summed E-state index contributed by atoms with van der Waals surface area (Å²) in [6.07, 6.45) is 3.55. The fraction of sp³-hybridized carbons (Fsp3) is 0.118. The number of benzene rings is 2. The largest absolute Gasteiger partial charge is 0.397 e. The van der Waals surface area contributed by atoms with Crippen LogP contribution < -0.4 is 11.1 Å². The number of hydrogen-bond acceptors (Lipinski definition) is 4. The second-order valence-corrected chi connectivity index (χ2v) is 4.95. The molecule has 0 unspecified atom stereocenters. The lowest BCUT2D eigenvalue weighted by Crippen LogP contribution is -2.03. The number of pyridine rings is 1. The SMILES string of the molecule is Nc1c(NCc2ccc(CO)cc2)ccc2cnccc12. The van der Waals surface area contributed by atoms with Crippen LogP contribution in [0, 0.1) is 0 Å². The number of rotatable bonds is 4. The lowest BCUT2D eigenvalue weighted by atomic mass is 10.1. The summed E-state index contributed by atoms with van der Waals surface area (Å²) in [5.41, 5.74) is 9.91. The van der Waals surface area contributed by atoms with Crippen molar-refractivity contribution >= 4 is 22.1 Å². The van der Waals surface area contributed by atoms with Crippen molar-refractivity contribution in [1.29, 1.82) is 0 Å². The van der Waals surface area contributed by atoms with E-state index in [1.807, 2.05) is 48.7 Å². The van der Waals surface area contributed by atoms with Crippen molar-refractivity contribution in [2.75, 3.05) is 11.1 Å². The van der Waals surface area contributed by atoms with Crippen LogP contribution in [-0.4, -0.2) is 10.1 Å². The number of nitrogen functional groups attached to an aromatic ring is 1. The third kappa shape index (κ3) is 2.80. The first-order valence-corrected chi connectivity index (χ1v) is 6.82.